The number of likely N-dealkylation sites (tertiary alicyclic amines) is 1. The molecule has 0 aromatic heterocycles. The van der Waals surface area contributed by atoms with Crippen LogP contribution in [0.25, 0.3) is 0 Å². The highest BCUT2D eigenvalue weighted by Gasteiger charge is 2.60. The molecule has 2 heterocycles. The molecule has 1 spiro atoms. The van der Waals surface area contributed by atoms with Crippen LogP contribution in [0, 0.1) is 17.8 Å². The Kier molecular flexibility index (Phi) is 3.53. The molecule has 0 N–H and O–H groups in total. The van der Waals surface area contributed by atoms with E-state index >= 15 is 0 Å². The Morgan fingerprint density at radius 2 is 2.14 bits per heavy atom. The van der Waals surface area contributed by atoms with Crippen molar-refractivity contribution in [1.82, 2.24) is 9.80 Å². The summed E-state index contributed by atoms with van der Waals surface area (Å²) in [6.45, 7) is 6.69. The lowest BCUT2D eigenvalue weighted by molar-refractivity contribution is -0.132. The van der Waals surface area contributed by atoms with Crippen LogP contribution in [0.3, 0.4) is 0 Å². The number of amides is 1. The number of ether oxygens (including phenoxy) is 1. The minimum atomic E-state index is -0.444. The number of rotatable bonds is 5. The molecule has 5 heteroatoms. The first kappa shape index (κ1) is 14.6. The van der Waals surface area contributed by atoms with E-state index < -0.39 is 5.54 Å². The van der Waals surface area contributed by atoms with Crippen molar-refractivity contribution in [2.45, 2.75) is 38.1 Å². The summed E-state index contributed by atoms with van der Waals surface area (Å²) in [5.41, 5.74) is -0.444. The Morgan fingerprint density at radius 3 is 2.86 bits per heavy atom. The van der Waals surface area contributed by atoms with Crippen LogP contribution in [-0.2, 0) is 9.53 Å². The van der Waals surface area contributed by atoms with Gasteiger partial charge in [-0.1, -0.05) is 0 Å². The Balaban J connectivity index is 1.50. The van der Waals surface area contributed by atoms with Gasteiger partial charge in [-0.15, -0.1) is 0 Å². The number of hydrogen-bond acceptors (Lipinski definition) is 4. The van der Waals surface area contributed by atoms with Crippen molar-refractivity contribution < 1.29 is 9.53 Å². The number of aliphatic imine (C=N–C) groups is 1. The molecule has 122 valence electrons. The lowest BCUT2D eigenvalue weighted by atomic mass is 9.85. The lowest BCUT2D eigenvalue weighted by Crippen LogP contribution is -2.47. The standard InChI is InChI=1S/C17H27N3O2/c1-12-18-17(16(21)20(12)7-8-22-2)6-5-14-10-19(11-15(14)17)9-13-3-4-13/h13-15H,3-11H2,1-2H3/t14-,15+,17-/m1/s1. The molecule has 3 fully saturated rings. The van der Waals surface area contributed by atoms with Crippen LogP contribution in [0.1, 0.15) is 32.6 Å². The fourth-order valence-corrected chi connectivity index (χ4v) is 4.83. The highest BCUT2D eigenvalue weighted by atomic mass is 16.5. The first-order chi connectivity index (χ1) is 10.6. The zero-order valence-corrected chi connectivity index (χ0v) is 13.8. The van der Waals surface area contributed by atoms with Gasteiger partial charge in [0.05, 0.1) is 13.2 Å². The summed E-state index contributed by atoms with van der Waals surface area (Å²) in [5, 5.41) is 0. The van der Waals surface area contributed by atoms with E-state index in [0.29, 0.717) is 25.0 Å². The summed E-state index contributed by atoms with van der Waals surface area (Å²) in [4.78, 5) is 22.4. The number of nitrogens with zero attached hydrogens (tertiary/aromatic N) is 3. The molecule has 2 aliphatic heterocycles. The molecule has 0 unspecified atom stereocenters. The van der Waals surface area contributed by atoms with Gasteiger partial charge in [-0.2, -0.15) is 0 Å². The summed E-state index contributed by atoms with van der Waals surface area (Å²) in [6, 6.07) is 0. The van der Waals surface area contributed by atoms with Crippen molar-refractivity contribution in [2.24, 2.45) is 22.7 Å². The van der Waals surface area contributed by atoms with Crippen molar-refractivity contribution in [3.8, 4) is 0 Å². The summed E-state index contributed by atoms with van der Waals surface area (Å²) in [7, 11) is 1.68. The van der Waals surface area contributed by atoms with Gasteiger partial charge >= 0.3 is 0 Å². The Bertz CT molecular complexity index is 502. The molecule has 0 aromatic rings. The van der Waals surface area contributed by atoms with Crippen molar-refractivity contribution >= 4 is 11.7 Å². The van der Waals surface area contributed by atoms with E-state index in [1.165, 1.54) is 25.9 Å². The van der Waals surface area contributed by atoms with Gasteiger partial charge in [0.2, 0.25) is 0 Å². The van der Waals surface area contributed by atoms with Gasteiger partial charge < -0.3 is 9.64 Å². The van der Waals surface area contributed by atoms with Crippen LogP contribution in [0.5, 0.6) is 0 Å². The largest absolute Gasteiger partial charge is 0.383 e. The molecule has 1 amide bonds. The fourth-order valence-electron chi connectivity index (χ4n) is 4.83. The molecule has 2 aliphatic carbocycles. The van der Waals surface area contributed by atoms with E-state index in [9.17, 15) is 4.79 Å². The van der Waals surface area contributed by atoms with Gasteiger partial charge in [0, 0.05) is 32.7 Å². The van der Waals surface area contributed by atoms with Gasteiger partial charge in [-0.3, -0.25) is 14.7 Å². The predicted octanol–water partition coefficient (Wildman–Crippen LogP) is 1.38. The van der Waals surface area contributed by atoms with Crippen LogP contribution < -0.4 is 0 Å². The zero-order valence-electron chi connectivity index (χ0n) is 13.8. The van der Waals surface area contributed by atoms with Crippen LogP contribution in [-0.4, -0.2) is 67.0 Å². The minimum Gasteiger partial charge on any atom is -0.383 e. The smallest absolute Gasteiger partial charge is 0.256 e. The summed E-state index contributed by atoms with van der Waals surface area (Å²) >= 11 is 0. The highest BCUT2D eigenvalue weighted by molar-refractivity contribution is 6.07. The van der Waals surface area contributed by atoms with Gasteiger partial charge in [-0.05, 0) is 44.4 Å². The Labute approximate surface area is 132 Å². The fraction of sp³-hybridized carbons (Fsp3) is 0.882. The molecule has 1 saturated heterocycles. The van der Waals surface area contributed by atoms with E-state index in [0.717, 1.165) is 31.1 Å². The van der Waals surface area contributed by atoms with Gasteiger partial charge in [-0.25, -0.2) is 0 Å². The molecule has 3 atom stereocenters. The topological polar surface area (TPSA) is 45.1 Å². The molecular weight excluding hydrogens is 278 g/mol. The number of hydrogen-bond donors (Lipinski definition) is 0. The van der Waals surface area contributed by atoms with E-state index in [2.05, 4.69) is 4.90 Å². The molecule has 4 aliphatic rings. The van der Waals surface area contributed by atoms with Crippen molar-refractivity contribution in [3.05, 3.63) is 0 Å². The van der Waals surface area contributed by atoms with Gasteiger partial charge in [0.25, 0.3) is 5.91 Å². The second-order valence-electron chi connectivity index (χ2n) is 7.60. The Morgan fingerprint density at radius 1 is 1.32 bits per heavy atom. The number of amidine groups is 1. The monoisotopic (exact) mass is 305 g/mol. The van der Waals surface area contributed by atoms with Gasteiger partial charge in [0.15, 0.2) is 0 Å². The van der Waals surface area contributed by atoms with Crippen molar-refractivity contribution in [1.29, 1.82) is 0 Å². The maximum absolute atomic E-state index is 13.1. The second-order valence-corrected chi connectivity index (χ2v) is 7.60. The van der Waals surface area contributed by atoms with E-state index in [1.807, 2.05) is 11.8 Å². The normalized spacial score (nSPS) is 38.2. The van der Waals surface area contributed by atoms with E-state index in [-0.39, 0.29) is 5.91 Å². The van der Waals surface area contributed by atoms with Crippen LogP contribution in [0.15, 0.2) is 4.99 Å². The third-order valence-corrected chi connectivity index (χ3v) is 6.13. The average Bonchev–Trinajstić information content (AvgIpc) is 3.03. The number of fused-ring (bicyclic) bond motifs is 2. The van der Waals surface area contributed by atoms with Gasteiger partial charge in [0.1, 0.15) is 11.4 Å². The number of methoxy groups -OCH3 is 1. The molecule has 4 rings (SSSR count). The van der Waals surface area contributed by atoms with E-state index in [4.69, 9.17) is 9.73 Å². The average molecular weight is 305 g/mol. The first-order valence-corrected chi connectivity index (χ1v) is 8.74. The predicted molar refractivity (Wildman–Crippen MR) is 84.8 cm³/mol. The minimum absolute atomic E-state index is 0.239. The maximum Gasteiger partial charge on any atom is 0.256 e. The molecular formula is C17H27N3O2. The molecule has 0 bridgehead atoms. The summed E-state index contributed by atoms with van der Waals surface area (Å²) < 4.78 is 5.15. The van der Waals surface area contributed by atoms with Crippen LogP contribution in [0.2, 0.25) is 0 Å². The van der Waals surface area contributed by atoms with E-state index in [1.54, 1.807) is 7.11 Å². The second kappa shape index (κ2) is 5.31. The number of carbonyl (C=O) groups excluding carboxylic acids is 1. The molecule has 22 heavy (non-hydrogen) atoms. The molecule has 0 radical (unpaired) electrons. The third kappa shape index (κ3) is 2.21. The molecule has 0 aromatic carbocycles. The Hall–Kier alpha value is -0.940. The van der Waals surface area contributed by atoms with Crippen molar-refractivity contribution in [2.75, 3.05) is 39.9 Å². The lowest BCUT2D eigenvalue weighted by Gasteiger charge is -2.28. The summed E-state index contributed by atoms with van der Waals surface area (Å²) in [6.07, 6.45) is 4.90. The third-order valence-electron chi connectivity index (χ3n) is 6.13. The highest BCUT2D eigenvalue weighted by Crippen LogP contribution is 2.50. The number of carbonyl (C=O) groups is 1. The quantitative estimate of drug-likeness (QED) is 0.771. The molecule has 2 saturated carbocycles. The SMILES string of the molecule is COCCN1C(=O)[C@]2(CC[C@@H]3CN(CC4CC4)C[C@@H]32)N=C1C. The van der Waals surface area contributed by atoms with Crippen molar-refractivity contribution in [3.63, 3.8) is 0 Å². The maximum atomic E-state index is 13.1. The first-order valence-electron chi connectivity index (χ1n) is 8.74. The summed E-state index contributed by atoms with van der Waals surface area (Å²) in [5.74, 6) is 3.16. The molecule has 5 nitrogen and oxygen atoms in total. The van der Waals surface area contributed by atoms with Crippen LogP contribution >= 0.6 is 0 Å². The van der Waals surface area contributed by atoms with Crippen LogP contribution in [0.4, 0.5) is 0 Å². The zero-order chi connectivity index (χ0) is 15.3.